The summed E-state index contributed by atoms with van der Waals surface area (Å²) in [4.78, 5) is 31.3. The van der Waals surface area contributed by atoms with E-state index in [9.17, 15) is 14.7 Å². The molecule has 1 fully saturated rings. The first-order valence-electron chi connectivity index (χ1n) is 14.0. The maximum Gasteiger partial charge on any atom is 0.266 e. The molecule has 1 N–H and O–H groups in total. The molecule has 3 atom stereocenters. The third-order valence-corrected chi connectivity index (χ3v) is 8.45. The molecule has 0 unspecified atom stereocenters. The fourth-order valence-electron chi connectivity index (χ4n) is 6.50. The molecule has 0 bridgehead atoms. The number of para-hydroxylation sites is 4. The Morgan fingerprint density at radius 1 is 0.854 bits per heavy atom. The molecule has 0 saturated carbocycles. The topological polar surface area (TPSA) is 79.3 Å². The fourth-order valence-corrected chi connectivity index (χ4v) is 6.50. The molecule has 4 aromatic carbocycles. The van der Waals surface area contributed by atoms with Gasteiger partial charge in [-0.15, -0.1) is 0 Å². The number of carbonyl (C=O) groups excluding carboxylic acids is 2. The average Bonchev–Trinajstić information content (AvgIpc) is 3.39. The number of amides is 2. The summed E-state index contributed by atoms with van der Waals surface area (Å²) in [6, 6.07) is 30.3. The number of anilines is 3. The smallest absolute Gasteiger partial charge is 0.266 e. The van der Waals surface area contributed by atoms with E-state index in [-0.39, 0.29) is 30.4 Å². The first-order valence-corrected chi connectivity index (χ1v) is 14.0. The molecule has 7 nitrogen and oxygen atoms in total. The molecule has 0 aromatic heterocycles. The zero-order chi connectivity index (χ0) is 28.1. The van der Waals surface area contributed by atoms with Gasteiger partial charge in [0.2, 0.25) is 0 Å². The van der Waals surface area contributed by atoms with Gasteiger partial charge in [-0.25, -0.2) is 0 Å². The summed E-state index contributed by atoms with van der Waals surface area (Å²) in [7, 11) is 0. The molecule has 4 aromatic rings. The van der Waals surface area contributed by atoms with Gasteiger partial charge in [0.1, 0.15) is 5.75 Å². The summed E-state index contributed by atoms with van der Waals surface area (Å²) in [5.74, 6) is 0.868. The molecule has 1 spiro atoms. The van der Waals surface area contributed by atoms with Gasteiger partial charge in [0, 0.05) is 23.8 Å². The van der Waals surface area contributed by atoms with Gasteiger partial charge in [-0.3, -0.25) is 14.5 Å². The zero-order valence-corrected chi connectivity index (χ0v) is 22.7. The summed E-state index contributed by atoms with van der Waals surface area (Å²) in [6.07, 6.45) is 1.08. The lowest BCUT2D eigenvalue weighted by atomic mass is 9.83. The largest absolute Gasteiger partial charge is 0.454 e. The molecular weight excluding hydrogens is 516 g/mol. The van der Waals surface area contributed by atoms with Crippen LogP contribution in [0.1, 0.15) is 41.3 Å². The van der Waals surface area contributed by atoms with Crippen LogP contribution in [0.5, 0.6) is 11.5 Å². The summed E-state index contributed by atoms with van der Waals surface area (Å²) >= 11 is 0. The SMILES string of the molecule is C[C@@H]1C[C@H](CCO)O[C@@]12C(=O)N(Cc1ccc(N3C(=O)c4ccccc4Oc4ccccc43)cc1)c1ccccc12. The molecule has 7 heteroatoms. The van der Waals surface area contributed by atoms with E-state index in [0.717, 1.165) is 23.2 Å². The van der Waals surface area contributed by atoms with Crippen LogP contribution in [0.2, 0.25) is 0 Å². The molecule has 0 aliphatic carbocycles. The number of fused-ring (bicyclic) bond motifs is 4. The van der Waals surface area contributed by atoms with Gasteiger partial charge in [0.15, 0.2) is 11.4 Å². The Morgan fingerprint density at radius 3 is 2.32 bits per heavy atom. The Morgan fingerprint density at radius 2 is 1.54 bits per heavy atom. The van der Waals surface area contributed by atoms with E-state index < -0.39 is 5.60 Å². The Balaban J connectivity index is 1.21. The van der Waals surface area contributed by atoms with Crippen molar-refractivity contribution < 1.29 is 24.2 Å². The maximum atomic E-state index is 14.1. The normalized spacial score (nSPS) is 22.8. The van der Waals surface area contributed by atoms with Gasteiger partial charge in [0.25, 0.3) is 11.8 Å². The van der Waals surface area contributed by atoms with Crippen molar-refractivity contribution in [3.63, 3.8) is 0 Å². The standard InChI is InChI=1S/C34H30N2O5/c1-22-20-25(18-19-37)41-34(22)27-9-3-4-10-28(27)35(33(34)39)21-23-14-16-24(17-15-23)36-29-11-5-7-13-31(29)40-30-12-6-2-8-26(30)32(36)38/h2-17,22,25,37H,18-21H2,1H3/t22-,25+,34+/m1/s1. The van der Waals surface area contributed by atoms with E-state index in [1.165, 1.54) is 0 Å². The van der Waals surface area contributed by atoms with Crippen molar-refractivity contribution in [3.8, 4) is 11.5 Å². The van der Waals surface area contributed by atoms with Crippen molar-refractivity contribution in [2.45, 2.75) is 38.0 Å². The summed E-state index contributed by atoms with van der Waals surface area (Å²) in [5, 5.41) is 9.50. The summed E-state index contributed by atoms with van der Waals surface area (Å²) in [5.41, 5.74) is 3.49. The first-order chi connectivity index (χ1) is 20.0. The molecule has 41 heavy (non-hydrogen) atoms. The van der Waals surface area contributed by atoms with Crippen molar-refractivity contribution in [3.05, 3.63) is 114 Å². The number of hydrogen-bond acceptors (Lipinski definition) is 5. The Bertz CT molecular complexity index is 1650. The zero-order valence-electron chi connectivity index (χ0n) is 22.7. The van der Waals surface area contributed by atoms with Crippen LogP contribution in [0.4, 0.5) is 17.1 Å². The van der Waals surface area contributed by atoms with Gasteiger partial charge >= 0.3 is 0 Å². The third kappa shape index (κ3) is 3.96. The summed E-state index contributed by atoms with van der Waals surface area (Å²) < 4.78 is 12.6. The van der Waals surface area contributed by atoms with Gasteiger partial charge in [-0.2, -0.15) is 0 Å². The number of hydrogen-bond donors (Lipinski definition) is 1. The van der Waals surface area contributed by atoms with Crippen molar-refractivity contribution in [1.82, 2.24) is 0 Å². The second kappa shape index (κ2) is 9.87. The third-order valence-electron chi connectivity index (χ3n) is 8.45. The minimum atomic E-state index is -1.04. The predicted octanol–water partition coefficient (Wildman–Crippen LogP) is 6.32. The molecule has 1 saturated heterocycles. The fraction of sp³-hybridized carbons (Fsp3) is 0.235. The minimum absolute atomic E-state index is 0.0145. The van der Waals surface area contributed by atoms with Crippen LogP contribution >= 0.6 is 0 Å². The number of aliphatic hydroxyl groups is 1. The van der Waals surface area contributed by atoms with Crippen molar-refractivity contribution >= 4 is 28.9 Å². The van der Waals surface area contributed by atoms with Gasteiger partial charge in [-0.05, 0) is 60.9 Å². The van der Waals surface area contributed by atoms with E-state index >= 15 is 0 Å². The van der Waals surface area contributed by atoms with Crippen LogP contribution in [-0.2, 0) is 21.7 Å². The maximum absolute atomic E-state index is 14.1. The second-order valence-electron chi connectivity index (χ2n) is 10.9. The molecule has 206 valence electrons. The second-order valence-corrected chi connectivity index (χ2v) is 10.9. The molecule has 3 heterocycles. The van der Waals surface area contributed by atoms with Gasteiger partial charge < -0.3 is 19.5 Å². The van der Waals surface area contributed by atoms with Crippen LogP contribution in [0.25, 0.3) is 0 Å². The number of carbonyl (C=O) groups is 2. The highest BCUT2D eigenvalue weighted by Crippen LogP contribution is 2.53. The average molecular weight is 547 g/mol. The van der Waals surface area contributed by atoms with E-state index in [1.807, 2.05) is 84.9 Å². The number of ether oxygens (including phenoxy) is 2. The number of benzene rings is 4. The Hall–Kier alpha value is -4.46. The number of nitrogens with zero attached hydrogens (tertiary/aromatic N) is 2. The number of rotatable bonds is 5. The molecule has 2 amide bonds. The highest BCUT2D eigenvalue weighted by atomic mass is 16.5. The molecule has 3 aliphatic rings. The Kier molecular flexibility index (Phi) is 6.14. The lowest BCUT2D eigenvalue weighted by Crippen LogP contribution is -2.43. The molecule has 0 radical (unpaired) electrons. The van der Waals surface area contributed by atoms with Crippen LogP contribution in [0.3, 0.4) is 0 Å². The van der Waals surface area contributed by atoms with E-state index in [1.54, 1.807) is 21.9 Å². The minimum Gasteiger partial charge on any atom is -0.454 e. The van der Waals surface area contributed by atoms with Crippen molar-refractivity contribution in [1.29, 1.82) is 0 Å². The van der Waals surface area contributed by atoms with Crippen LogP contribution in [0, 0.1) is 5.92 Å². The quantitative estimate of drug-likeness (QED) is 0.317. The van der Waals surface area contributed by atoms with E-state index in [4.69, 9.17) is 9.47 Å². The van der Waals surface area contributed by atoms with E-state index in [0.29, 0.717) is 41.4 Å². The van der Waals surface area contributed by atoms with Crippen LogP contribution in [-0.4, -0.2) is 29.6 Å². The monoisotopic (exact) mass is 546 g/mol. The summed E-state index contributed by atoms with van der Waals surface area (Å²) in [6.45, 7) is 2.46. The molecule has 7 rings (SSSR count). The lowest BCUT2D eigenvalue weighted by molar-refractivity contribution is -0.146. The van der Waals surface area contributed by atoms with Gasteiger partial charge in [-0.1, -0.05) is 61.5 Å². The highest BCUT2D eigenvalue weighted by molar-refractivity contribution is 6.14. The molecule has 3 aliphatic heterocycles. The van der Waals surface area contributed by atoms with Gasteiger partial charge in [0.05, 0.1) is 29.6 Å². The van der Waals surface area contributed by atoms with Crippen LogP contribution in [0.15, 0.2) is 97.1 Å². The Labute approximate surface area is 238 Å². The van der Waals surface area contributed by atoms with Crippen LogP contribution < -0.4 is 14.5 Å². The molecular formula is C34H30N2O5. The van der Waals surface area contributed by atoms with Crippen molar-refractivity contribution in [2.75, 3.05) is 16.4 Å². The highest BCUT2D eigenvalue weighted by Gasteiger charge is 2.59. The first kappa shape index (κ1) is 25.5. The lowest BCUT2D eigenvalue weighted by Gasteiger charge is -2.28. The van der Waals surface area contributed by atoms with E-state index in [2.05, 4.69) is 6.92 Å². The predicted molar refractivity (Wildman–Crippen MR) is 156 cm³/mol. The van der Waals surface area contributed by atoms with Crippen molar-refractivity contribution in [2.24, 2.45) is 5.92 Å². The number of aliphatic hydroxyl groups excluding tert-OH is 1.